The van der Waals surface area contributed by atoms with Crippen LogP contribution < -0.4 is 10.5 Å². The average Bonchev–Trinajstić information content (AvgIpc) is 3.48. The Labute approximate surface area is 180 Å². The van der Waals surface area contributed by atoms with Gasteiger partial charge in [-0.2, -0.15) is 0 Å². The summed E-state index contributed by atoms with van der Waals surface area (Å²) in [5.41, 5.74) is 5.86. The van der Waals surface area contributed by atoms with Crippen molar-refractivity contribution in [3.8, 4) is 0 Å². The molecule has 8 heteroatoms. The number of amides is 1. The molecule has 4 rings (SSSR count). The summed E-state index contributed by atoms with van der Waals surface area (Å²) in [7, 11) is 0. The zero-order chi connectivity index (χ0) is 21.6. The number of fused-ring (bicyclic) bond motifs is 2. The van der Waals surface area contributed by atoms with Gasteiger partial charge in [0.25, 0.3) is 0 Å². The molecule has 1 aliphatic carbocycles. The zero-order valence-corrected chi connectivity index (χ0v) is 18.3. The molecule has 3 unspecified atom stereocenters. The summed E-state index contributed by atoms with van der Waals surface area (Å²) in [5.74, 6) is -2.76. The number of benzene rings is 1. The monoisotopic (exact) mass is 441 g/mol. The second-order valence-electron chi connectivity index (χ2n) is 9.60. The third-order valence-corrected chi connectivity index (χ3v) is 8.13. The van der Waals surface area contributed by atoms with Crippen molar-refractivity contribution >= 4 is 17.9 Å². The maximum absolute atomic E-state index is 14.0. The van der Waals surface area contributed by atoms with Crippen LogP contribution >= 0.6 is 11.9 Å². The molecule has 30 heavy (non-hydrogen) atoms. The Morgan fingerprint density at radius 1 is 1.13 bits per heavy atom. The molecule has 3 fully saturated rings. The molecule has 2 heterocycles. The molecule has 1 saturated carbocycles. The molecule has 0 aromatic heterocycles. The lowest BCUT2D eigenvalue weighted by Gasteiger charge is -2.44. The van der Waals surface area contributed by atoms with Crippen molar-refractivity contribution in [3.05, 3.63) is 35.1 Å². The van der Waals surface area contributed by atoms with Crippen LogP contribution in [0.4, 0.5) is 13.2 Å². The number of carbonyl (C=O) groups excluding carboxylic acids is 1. The van der Waals surface area contributed by atoms with Crippen molar-refractivity contribution in [3.63, 3.8) is 0 Å². The summed E-state index contributed by atoms with van der Waals surface area (Å²) in [5, 5.41) is 0.620. The Hall–Kier alpha value is -1.25. The van der Waals surface area contributed by atoms with Crippen LogP contribution in [0, 0.1) is 23.4 Å². The molecule has 0 radical (unpaired) electrons. The fourth-order valence-electron chi connectivity index (χ4n) is 4.82. The van der Waals surface area contributed by atoms with Gasteiger partial charge < -0.3 is 10.6 Å². The van der Waals surface area contributed by atoms with Gasteiger partial charge in [0.15, 0.2) is 11.6 Å². The lowest BCUT2D eigenvalue weighted by molar-refractivity contribution is -0.141. The van der Waals surface area contributed by atoms with Crippen molar-refractivity contribution in [2.75, 3.05) is 0 Å². The third-order valence-electron chi connectivity index (χ3n) is 6.69. The van der Waals surface area contributed by atoms with Gasteiger partial charge in [0.05, 0.1) is 0 Å². The summed E-state index contributed by atoms with van der Waals surface area (Å²) in [6.07, 6.45) is 5.99. The molecule has 2 saturated heterocycles. The van der Waals surface area contributed by atoms with Gasteiger partial charge >= 0.3 is 0 Å². The number of halogens is 3. The van der Waals surface area contributed by atoms with E-state index < -0.39 is 23.0 Å². The number of nitrogens with zero attached hydrogens (tertiary/aromatic N) is 1. The molecular weight excluding hydrogens is 411 g/mol. The van der Waals surface area contributed by atoms with Gasteiger partial charge in [0.1, 0.15) is 11.4 Å². The predicted octanol–water partition coefficient (Wildman–Crippen LogP) is 3.92. The number of rotatable bonds is 7. The van der Waals surface area contributed by atoms with Gasteiger partial charge in [-0.15, -0.1) is 0 Å². The number of carbonyl (C=O) groups is 1. The maximum Gasteiger partial charge on any atom is 0.243 e. The van der Waals surface area contributed by atoms with Crippen LogP contribution in [0.2, 0.25) is 0 Å². The molecule has 4 atom stereocenters. The summed E-state index contributed by atoms with van der Waals surface area (Å²) < 4.78 is 44.1. The summed E-state index contributed by atoms with van der Waals surface area (Å²) in [6, 6.07) is 1.39. The number of nitrogens with one attached hydrogen (secondary N) is 1. The molecule has 1 amide bonds. The smallest absolute Gasteiger partial charge is 0.243 e. The van der Waals surface area contributed by atoms with Crippen LogP contribution in [-0.2, 0) is 11.2 Å². The summed E-state index contributed by atoms with van der Waals surface area (Å²) in [4.78, 5) is 15.3. The van der Waals surface area contributed by atoms with Crippen molar-refractivity contribution in [2.45, 2.75) is 87.7 Å². The van der Waals surface area contributed by atoms with Crippen LogP contribution in [0.1, 0.15) is 57.9 Å². The third kappa shape index (κ3) is 4.50. The second kappa shape index (κ2) is 8.36. The predicted molar refractivity (Wildman–Crippen MR) is 112 cm³/mol. The first-order valence-electron chi connectivity index (χ1n) is 10.8. The van der Waals surface area contributed by atoms with Crippen LogP contribution in [0.5, 0.6) is 0 Å². The lowest BCUT2D eigenvalue weighted by atomic mass is 9.82. The highest BCUT2D eigenvalue weighted by Crippen LogP contribution is 2.42. The Morgan fingerprint density at radius 3 is 2.33 bits per heavy atom. The Bertz CT molecular complexity index is 803. The minimum absolute atomic E-state index is 0.106. The maximum atomic E-state index is 14.0. The van der Waals surface area contributed by atoms with E-state index in [0.717, 1.165) is 31.7 Å². The highest BCUT2D eigenvalue weighted by Gasteiger charge is 2.48. The van der Waals surface area contributed by atoms with Gasteiger partial charge in [0.2, 0.25) is 5.91 Å². The first-order valence-corrected chi connectivity index (χ1v) is 11.7. The van der Waals surface area contributed by atoms with E-state index >= 15 is 0 Å². The highest BCUT2D eigenvalue weighted by molar-refractivity contribution is 7.98. The van der Waals surface area contributed by atoms with Crippen molar-refractivity contribution in [2.24, 2.45) is 11.7 Å². The largest absolute Gasteiger partial charge is 0.335 e. The van der Waals surface area contributed by atoms with E-state index in [0.29, 0.717) is 11.3 Å². The summed E-state index contributed by atoms with van der Waals surface area (Å²) in [6.45, 7) is 3.88. The van der Waals surface area contributed by atoms with E-state index in [1.165, 1.54) is 12.8 Å². The minimum atomic E-state index is -1.19. The van der Waals surface area contributed by atoms with Crippen LogP contribution in [0.25, 0.3) is 0 Å². The Balaban J connectivity index is 1.39. The number of nitrogens with two attached hydrogens (primary N) is 1. The molecule has 3 N–H and O–H groups in total. The van der Waals surface area contributed by atoms with Crippen LogP contribution in [0.3, 0.4) is 0 Å². The van der Waals surface area contributed by atoms with Crippen molar-refractivity contribution < 1.29 is 18.0 Å². The number of hydrogen-bond acceptors (Lipinski definition) is 4. The van der Waals surface area contributed by atoms with E-state index in [9.17, 15) is 18.0 Å². The highest BCUT2D eigenvalue weighted by atomic mass is 32.2. The van der Waals surface area contributed by atoms with Crippen LogP contribution in [-0.4, -0.2) is 39.7 Å². The van der Waals surface area contributed by atoms with E-state index in [1.54, 1.807) is 11.9 Å². The Morgan fingerprint density at radius 2 is 1.73 bits per heavy atom. The zero-order valence-electron chi connectivity index (χ0n) is 17.5. The molecule has 1 aromatic carbocycles. The molecule has 2 aliphatic heterocycles. The molecule has 3 aliphatic rings. The Kier molecular flexibility index (Phi) is 6.12. The molecule has 166 valence electrons. The number of piperidine rings is 1. The molecule has 1 aromatic rings. The van der Waals surface area contributed by atoms with E-state index in [-0.39, 0.29) is 41.9 Å². The summed E-state index contributed by atoms with van der Waals surface area (Å²) >= 11 is 1.66. The lowest BCUT2D eigenvalue weighted by Crippen LogP contribution is -2.58. The second-order valence-corrected chi connectivity index (χ2v) is 10.7. The minimum Gasteiger partial charge on any atom is -0.335 e. The van der Waals surface area contributed by atoms with E-state index in [1.807, 2.05) is 18.7 Å². The fraction of sp³-hybridized carbons (Fsp3) is 0.682. The van der Waals surface area contributed by atoms with Crippen LogP contribution in [0.15, 0.2) is 12.1 Å². The van der Waals surface area contributed by atoms with Crippen molar-refractivity contribution in [1.82, 2.24) is 9.62 Å². The van der Waals surface area contributed by atoms with Crippen molar-refractivity contribution in [1.29, 1.82) is 0 Å². The fourth-order valence-corrected chi connectivity index (χ4v) is 5.74. The topological polar surface area (TPSA) is 58.4 Å². The first kappa shape index (κ1) is 22.0. The van der Waals surface area contributed by atoms with E-state index in [4.69, 9.17) is 5.73 Å². The standard InChI is InChI=1S/C22H30F3N3OS/c1-22(2,27-30-16-5-6-16)21(29)28-14-3-4-15(28)8-13(7-14)20(26)10-12-9-18(24)19(25)11-17(12)23/h9,11,13-16,20,27H,3-8,10,26H2,1-2H3/t13?,14-,15?,20?/m0/s1. The SMILES string of the molecule is CC(C)(NSC1CC1)C(=O)N1C2CC[C@H]1CC(C(N)Cc1cc(F)c(F)cc1F)C2. The van der Waals surface area contributed by atoms with Gasteiger partial charge in [0, 0.05) is 29.4 Å². The molecule has 0 spiro atoms. The van der Waals surface area contributed by atoms with Gasteiger partial charge in [-0.25, -0.2) is 17.9 Å². The quantitative estimate of drug-likeness (QED) is 0.497. The average molecular weight is 442 g/mol. The number of hydrogen-bond donors (Lipinski definition) is 2. The molecule has 2 bridgehead atoms. The molecular formula is C22H30F3N3OS. The van der Waals surface area contributed by atoms with Gasteiger partial charge in [-0.05, 0) is 76.3 Å². The van der Waals surface area contributed by atoms with Gasteiger partial charge in [-0.1, -0.05) is 11.9 Å². The van der Waals surface area contributed by atoms with Gasteiger partial charge in [-0.3, -0.25) is 4.79 Å². The molecule has 4 nitrogen and oxygen atoms in total. The van der Waals surface area contributed by atoms with E-state index in [2.05, 4.69) is 4.72 Å². The normalized spacial score (nSPS) is 27.4. The first-order chi connectivity index (χ1) is 14.2.